The Hall–Kier alpha value is -2.00. The van der Waals surface area contributed by atoms with E-state index in [1.165, 1.54) is 12.8 Å². The van der Waals surface area contributed by atoms with Gasteiger partial charge < -0.3 is 4.90 Å². The van der Waals surface area contributed by atoms with Crippen LogP contribution in [0.5, 0.6) is 0 Å². The van der Waals surface area contributed by atoms with Crippen LogP contribution in [0.3, 0.4) is 0 Å². The summed E-state index contributed by atoms with van der Waals surface area (Å²) < 4.78 is 0. The monoisotopic (exact) mass is 211 g/mol. The largest absolute Gasteiger partial charge is 0.358 e. The van der Waals surface area contributed by atoms with E-state index in [0.717, 1.165) is 18.2 Å². The van der Waals surface area contributed by atoms with Gasteiger partial charge in [0.15, 0.2) is 5.69 Å². The predicted molar refractivity (Wildman–Crippen MR) is 62.7 cm³/mol. The minimum Gasteiger partial charge on any atom is -0.358 e. The van der Waals surface area contributed by atoms with Gasteiger partial charge in [0.05, 0.1) is 12.2 Å². The van der Waals surface area contributed by atoms with Crippen LogP contribution in [0.2, 0.25) is 0 Å². The summed E-state index contributed by atoms with van der Waals surface area (Å²) >= 11 is 0. The third-order valence-electron chi connectivity index (χ3n) is 2.69. The molecule has 1 heterocycles. The third-order valence-corrected chi connectivity index (χ3v) is 2.69. The van der Waals surface area contributed by atoms with E-state index in [1.807, 2.05) is 12.1 Å². The molecule has 3 nitrogen and oxygen atoms in total. The summed E-state index contributed by atoms with van der Waals surface area (Å²) in [5.41, 5.74) is 1.31. The Balaban J connectivity index is 2.23. The number of nitriles is 1. The van der Waals surface area contributed by atoms with Crippen molar-refractivity contribution in [3.05, 3.63) is 24.0 Å². The fraction of sp³-hybridized carbons (Fsp3) is 0.385. The first-order valence-corrected chi connectivity index (χ1v) is 5.38. The van der Waals surface area contributed by atoms with E-state index in [2.05, 4.69) is 21.9 Å². The van der Waals surface area contributed by atoms with Gasteiger partial charge in [0, 0.05) is 12.7 Å². The maximum absolute atomic E-state index is 8.99. The SMILES string of the molecule is C#CCN(CC1CC1)c1cccnc1C#N. The molecule has 1 saturated carbocycles. The first-order chi connectivity index (χ1) is 7.85. The van der Waals surface area contributed by atoms with Gasteiger partial charge in [0.2, 0.25) is 0 Å². The van der Waals surface area contributed by atoms with Crippen LogP contribution in [0.15, 0.2) is 18.3 Å². The lowest BCUT2D eigenvalue weighted by Crippen LogP contribution is -2.27. The number of hydrogen-bond acceptors (Lipinski definition) is 3. The maximum atomic E-state index is 8.99. The summed E-state index contributed by atoms with van der Waals surface area (Å²) in [5.74, 6) is 3.38. The normalized spacial score (nSPS) is 13.9. The van der Waals surface area contributed by atoms with Crippen LogP contribution in [-0.2, 0) is 0 Å². The molecule has 0 amide bonds. The Morgan fingerprint density at radius 2 is 2.38 bits per heavy atom. The highest BCUT2D eigenvalue weighted by Crippen LogP contribution is 2.31. The number of hydrogen-bond donors (Lipinski definition) is 0. The van der Waals surface area contributed by atoms with Gasteiger partial charge in [-0.1, -0.05) is 5.92 Å². The average Bonchev–Trinajstić information content (AvgIpc) is 3.12. The van der Waals surface area contributed by atoms with Crippen molar-refractivity contribution in [3.63, 3.8) is 0 Å². The Bertz CT molecular complexity index is 449. The van der Waals surface area contributed by atoms with Crippen molar-refractivity contribution in [2.75, 3.05) is 18.0 Å². The summed E-state index contributed by atoms with van der Waals surface area (Å²) in [4.78, 5) is 6.13. The van der Waals surface area contributed by atoms with Gasteiger partial charge in [-0.15, -0.1) is 6.42 Å². The molecule has 0 N–H and O–H groups in total. The average molecular weight is 211 g/mol. The van der Waals surface area contributed by atoms with E-state index in [1.54, 1.807) is 6.20 Å². The topological polar surface area (TPSA) is 39.9 Å². The van der Waals surface area contributed by atoms with Crippen LogP contribution in [0.25, 0.3) is 0 Å². The van der Waals surface area contributed by atoms with E-state index >= 15 is 0 Å². The zero-order valence-corrected chi connectivity index (χ0v) is 9.06. The summed E-state index contributed by atoms with van der Waals surface area (Å²) in [7, 11) is 0. The van der Waals surface area contributed by atoms with E-state index in [4.69, 9.17) is 11.7 Å². The molecule has 80 valence electrons. The predicted octanol–water partition coefficient (Wildman–Crippen LogP) is 1.80. The fourth-order valence-electron chi connectivity index (χ4n) is 1.71. The Morgan fingerprint density at radius 1 is 1.56 bits per heavy atom. The van der Waals surface area contributed by atoms with Crippen molar-refractivity contribution < 1.29 is 0 Å². The number of nitrogens with zero attached hydrogens (tertiary/aromatic N) is 3. The molecule has 1 aliphatic rings. The number of pyridine rings is 1. The first-order valence-electron chi connectivity index (χ1n) is 5.38. The lowest BCUT2D eigenvalue weighted by atomic mass is 10.2. The minimum atomic E-state index is 0.457. The van der Waals surface area contributed by atoms with E-state index < -0.39 is 0 Å². The highest BCUT2D eigenvalue weighted by atomic mass is 15.1. The minimum absolute atomic E-state index is 0.457. The molecule has 0 atom stereocenters. The van der Waals surface area contributed by atoms with Crippen LogP contribution in [-0.4, -0.2) is 18.1 Å². The summed E-state index contributed by atoms with van der Waals surface area (Å²) in [6, 6.07) is 5.85. The molecule has 1 fully saturated rings. The Morgan fingerprint density at radius 3 is 3.00 bits per heavy atom. The van der Waals surface area contributed by atoms with Crippen molar-refractivity contribution in [2.45, 2.75) is 12.8 Å². The van der Waals surface area contributed by atoms with Gasteiger partial charge in [-0.3, -0.25) is 0 Å². The maximum Gasteiger partial charge on any atom is 0.163 e. The fourth-order valence-corrected chi connectivity index (χ4v) is 1.71. The first kappa shape index (κ1) is 10.5. The molecule has 0 bridgehead atoms. The van der Waals surface area contributed by atoms with Crippen molar-refractivity contribution in [3.8, 4) is 18.4 Å². The Kier molecular flexibility index (Phi) is 3.08. The zero-order valence-electron chi connectivity index (χ0n) is 9.06. The van der Waals surface area contributed by atoms with Gasteiger partial charge in [-0.25, -0.2) is 4.98 Å². The number of anilines is 1. The van der Waals surface area contributed by atoms with Gasteiger partial charge in [-0.05, 0) is 30.9 Å². The summed E-state index contributed by atoms with van der Waals surface area (Å²) in [6.45, 7) is 1.47. The van der Waals surface area contributed by atoms with Gasteiger partial charge in [-0.2, -0.15) is 5.26 Å². The van der Waals surface area contributed by atoms with Crippen molar-refractivity contribution in [1.82, 2.24) is 4.98 Å². The molecule has 1 aliphatic carbocycles. The van der Waals surface area contributed by atoms with Crippen molar-refractivity contribution in [1.29, 1.82) is 5.26 Å². The van der Waals surface area contributed by atoms with Crippen LogP contribution >= 0.6 is 0 Å². The molecule has 2 rings (SSSR count). The summed E-state index contributed by atoms with van der Waals surface area (Å²) in [5, 5.41) is 8.99. The lowest BCUT2D eigenvalue weighted by Gasteiger charge is -2.22. The highest BCUT2D eigenvalue weighted by Gasteiger charge is 2.25. The van der Waals surface area contributed by atoms with Gasteiger partial charge in [0.1, 0.15) is 6.07 Å². The molecule has 0 saturated heterocycles. The smallest absolute Gasteiger partial charge is 0.163 e. The highest BCUT2D eigenvalue weighted by molar-refractivity contribution is 5.56. The van der Waals surface area contributed by atoms with Crippen LogP contribution in [0.4, 0.5) is 5.69 Å². The molecule has 0 unspecified atom stereocenters. The number of rotatable bonds is 4. The van der Waals surface area contributed by atoms with Crippen molar-refractivity contribution >= 4 is 5.69 Å². The second kappa shape index (κ2) is 4.68. The molecule has 0 radical (unpaired) electrons. The molecule has 1 aromatic heterocycles. The number of aromatic nitrogens is 1. The second-order valence-electron chi connectivity index (χ2n) is 4.01. The van der Waals surface area contributed by atoms with E-state index in [9.17, 15) is 0 Å². The standard InChI is InChI=1S/C13H13N3/c1-2-8-16(10-11-5-6-11)13-4-3-7-15-12(13)9-14/h1,3-4,7,11H,5-6,8,10H2. The Labute approximate surface area is 95.7 Å². The van der Waals surface area contributed by atoms with Crippen LogP contribution in [0.1, 0.15) is 18.5 Å². The van der Waals surface area contributed by atoms with Crippen LogP contribution in [0, 0.1) is 29.6 Å². The number of terminal acetylenes is 1. The van der Waals surface area contributed by atoms with Crippen LogP contribution < -0.4 is 4.90 Å². The van der Waals surface area contributed by atoms with Crippen molar-refractivity contribution in [2.24, 2.45) is 5.92 Å². The zero-order chi connectivity index (χ0) is 11.4. The van der Waals surface area contributed by atoms with Gasteiger partial charge in [0.25, 0.3) is 0 Å². The molecule has 16 heavy (non-hydrogen) atoms. The second-order valence-corrected chi connectivity index (χ2v) is 4.01. The quantitative estimate of drug-likeness (QED) is 0.713. The molecule has 3 heteroatoms. The molecule has 0 aromatic carbocycles. The van der Waals surface area contributed by atoms with E-state index in [-0.39, 0.29) is 0 Å². The third kappa shape index (κ3) is 2.32. The lowest BCUT2D eigenvalue weighted by molar-refractivity contribution is 0.762. The van der Waals surface area contributed by atoms with E-state index in [0.29, 0.717) is 12.2 Å². The molecule has 0 spiro atoms. The van der Waals surface area contributed by atoms with Gasteiger partial charge >= 0.3 is 0 Å². The summed E-state index contributed by atoms with van der Waals surface area (Å²) in [6.07, 6.45) is 9.53. The molecular weight excluding hydrogens is 198 g/mol. The molecular formula is C13H13N3. The molecule has 1 aromatic rings. The molecule has 0 aliphatic heterocycles.